The molecule has 4 rings (SSSR count). The lowest BCUT2D eigenvalue weighted by atomic mass is 10.0. The maximum Gasteiger partial charge on any atom is 0.322 e. The summed E-state index contributed by atoms with van der Waals surface area (Å²) in [7, 11) is 1.88. The number of nitrogens with zero attached hydrogens (tertiary/aromatic N) is 4. The van der Waals surface area contributed by atoms with Crippen molar-refractivity contribution in [2.24, 2.45) is 7.05 Å². The lowest BCUT2D eigenvalue weighted by Crippen LogP contribution is -2.40. The van der Waals surface area contributed by atoms with Crippen LogP contribution in [-0.4, -0.2) is 51.2 Å². The van der Waals surface area contributed by atoms with Gasteiger partial charge in [0.15, 0.2) is 5.69 Å². The van der Waals surface area contributed by atoms with Gasteiger partial charge in [0.25, 0.3) is 5.91 Å². The number of para-hydroxylation sites is 1. The van der Waals surface area contributed by atoms with E-state index >= 15 is 0 Å². The van der Waals surface area contributed by atoms with Gasteiger partial charge in [-0.05, 0) is 31.4 Å². The standard InChI is InChI=1S/C20H25N5O2/c1-23-17-10-13-25(20(27)21-15-8-4-2-5-9-15)14-16(17)18(22-23)19(26)24-11-6-3-7-12-24/h2,4-5,8-9H,3,6-7,10-14H2,1H3,(H,21,27). The van der Waals surface area contributed by atoms with E-state index in [2.05, 4.69) is 10.4 Å². The molecule has 2 aliphatic rings. The molecule has 3 heterocycles. The molecule has 142 valence electrons. The van der Waals surface area contributed by atoms with Crippen LogP contribution in [0.3, 0.4) is 0 Å². The van der Waals surface area contributed by atoms with Gasteiger partial charge in [0.05, 0.1) is 6.54 Å². The number of carbonyl (C=O) groups excluding carboxylic acids is 2. The first kappa shape index (κ1) is 17.6. The highest BCUT2D eigenvalue weighted by atomic mass is 16.2. The molecular formula is C20H25N5O2. The number of aryl methyl sites for hydroxylation is 1. The number of anilines is 1. The zero-order valence-corrected chi connectivity index (χ0v) is 15.6. The minimum atomic E-state index is -0.146. The topological polar surface area (TPSA) is 70.5 Å². The molecule has 0 bridgehead atoms. The highest BCUT2D eigenvalue weighted by Gasteiger charge is 2.31. The van der Waals surface area contributed by atoms with Gasteiger partial charge in [-0.1, -0.05) is 18.2 Å². The molecule has 0 atom stereocenters. The summed E-state index contributed by atoms with van der Waals surface area (Å²) in [6.07, 6.45) is 3.98. The first-order chi connectivity index (χ1) is 13.1. The molecule has 1 fully saturated rings. The van der Waals surface area contributed by atoms with Crippen molar-refractivity contribution in [3.63, 3.8) is 0 Å². The Morgan fingerprint density at radius 1 is 1.00 bits per heavy atom. The van der Waals surface area contributed by atoms with Crippen molar-refractivity contribution in [2.75, 3.05) is 25.0 Å². The molecule has 7 nitrogen and oxygen atoms in total. The third kappa shape index (κ3) is 3.54. The first-order valence-electron chi connectivity index (χ1n) is 9.58. The van der Waals surface area contributed by atoms with Crippen molar-refractivity contribution in [3.05, 3.63) is 47.3 Å². The predicted molar refractivity (Wildman–Crippen MR) is 103 cm³/mol. The minimum Gasteiger partial charge on any atom is -0.337 e. The van der Waals surface area contributed by atoms with Crippen LogP contribution in [0.1, 0.15) is 41.0 Å². The van der Waals surface area contributed by atoms with Gasteiger partial charge in [0, 0.05) is 50.0 Å². The van der Waals surface area contributed by atoms with E-state index in [0.29, 0.717) is 25.2 Å². The van der Waals surface area contributed by atoms with Gasteiger partial charge in [-0.3, -0.25) is 9.48 Å². The molecule has 0 radical (unpaired) electrons. The van der Waals surface area contributed by atoms with Crippen molar-refractivity contribution in [2.45, 2.75) is 32.2 Å². The number of benzene rings is 1. The Kier molecular flexibility index (Phi) is 4.83. The van der Waals surface area contributed by atoms with Gasteiger partial charge in [-0.2, -0.15) is 5.10 Å². The quantitative estimate of drug-likeness (QED) is 0.887. The number of carbonyl (C=O) groups is 2. The molecule has 0 spiro atoms. The monoisotopic (exact) mass is 367 g/mol. The second kappa shape index (κ2) is 7.42. The van der Waals surface area contributed by atoms with Crippen molar-refractivity contribution in [1.82, 2.24) is 19.6 Å². The summed E-state index contributed by atoms with van der Waals surface area (Å²) in [6, 6.07) is 9.27. The van der Waals surface area contributed by atoms with Crippen molar-refractivity contribution < 1.29 is 9.59 Å². The van der Waals surface area contributed by atoms with E-state index in [1.54, 1.807) is 9.58 Å². The van der Waals surface area contributed by atoms with E-state index < -0.39 is 0 Å². The lowest BCUT2D eigenvalue weighted by molar-refractivity contribution is 0.0715. The van der Waals surface area contributed by atoms with Gasteiger partial charge in [-0.25, -0.2) is 4.79 Å². The van der Waals surface area contributed by atoms with E-state index in [4.69, 9.17) is 0 Å². The molecule has 0 saturated carbocycles. The molecule has 1 aromatic carbocycles. The number of amides is 3. The number of urea groups is 1. The van der Waals surface area contributed by atoms with Gasteiger partial charge in [-0.15, -0.1) is 0 Å². The Morgan fingerprint density at radius 2 is 1.74 bits per heavy atom. The summed E-state index contributed by atoms with van der Waals surface area (Å²) in [5.74, 6) is -0.00290. The largest absolute Gasteiger partial charge is 0.337 e. The number of hydrogen-bond acceptors (Lipinski definition) is 3. The predicted octanol–water partition coefficient (Wildman–Crippen LogP) is 2.64. The molecule has 2 aromatic rings. The second-order valence-corrected chi connectivity index (χ2v) is 7.22. The van der Waals surface area contributed by atoms with Gasteiger partial charge in [0.1, 0.15) is 0 Å². The van der Waals surface area contributed by atoms with Crippen LogP contribution in [0.4, 0.5) is 10.5 Å². The molecule has 27 heavy (non-hydrogen) atoms. The van der Waals surface area contributed by atoms with Crippen LogP contribution in [0.25, 0.3) is 0 Å². The van der Waals surface area contributed by atoms with E-state index in [9.17, 15) is 9.59 Å². The van der Waals surface area contributed by atoms with E-state index in [-0.39, 0.29) is 11.9 Å². The highest BCUT2D eigenvalue weighted by Crippen LogP contribution is 2.25. The summed E-state index contributed by atoms with van der Waals surface area (Å²) in [5.41, 5.74) is 3.22. The summed E-state index contributed by atoms with van der Waals surface area (Å²) in [5, 5.41) is 7.44. The number of aromatic nitrogens is 2. The van der Waals surface area contributed by atoms with Crippen LogP contribution in [-0.2, 0) is 20.0 Å². The van der Waals surface area contributed by atoms with Gasteiger partial charge in [0.2, 0.25) is 0 Å². The number of hydrogen-bond donors (Lipinski definition) is 1. The normalized spacial score (nSPS) is 16.8. The Hall–Kier alpha value is -2.83. The molecule has 7 heteroatoms. The Bertz CT molecular complexity index is 840. The fourth-order valence-corrected chi connectivity index (χ4v) is 3.91. The first-order valence-corrected chi connectivity index (χ1v) is 9.58. The van der Waals surface area contributed by atoms with Crippen LogP contribution >= 0.6 is 0 Å². The number of likely N-dealkylation sites (tertiary alicyclic amines) is 1. The lowest BCUT2D eigenvalue weighted by Gasteiger charge is -2.29. The Labute approximate surface area is 158 Å². The van der Waals surface area contributed by atoms with E-state index in [0.717, 1.165) is 42.9 Å². The average Bonchev–Trinajstić information content (AvgIpc) is 3.05. The Morgan fingerprint density at radius 3 is 2.48 bits per heavy atom. The molecule has 1 aromatic heterocycles. The molecule has 0 unspecified atom stereocenters. The number of fused-ring (bicyclic) bond motifs is 1. The maximum absolute atomic E-state index is 13.0. The van der Waals surface area contributed by atoms with Crippen LogP contribution in [0, 0.1) is 0 Å². The zero-order chi connectivity index (χ0) is 18.8. The summed E-state index contributed by atoms with van der Waals surface area (Å²) in [6.45, 7) is 2.62. The van der Waals surface area contributed by atoms with Crippen molar-refractivity contribution in [1.29, 1.82) is 0 Å². The third-order valence-corrected chi connectivity index (χ3v) is 5.40. The van der Waals surface area contributed by atoms with Crippen LogP contribution in [0.15, 0.2) is 30.3 Å². The van der Waals surface area contributed by atoms with Crippen molar-refractivity contribution in [3.8, 4) is 0 Å². The fraction of sp³-hybridized carbons (Fsp3) is 0.450. The average molecular weight is 367 g/mol. The third-order valence-electron chi connectivity index (χ3n) is 5.40. The second-order valence-electron chi connectivity index (χ2n) is 7.22. The molecule has 1 saturated heterocycles. The Balaban J connectivity index is 1.53. The molecule has 0 aliphatic carbocycles. The number of nitrogens with one attached hydrogen (secondary N) is 1. The van der Waals surface area contributed by atoms with Crippen molar-refractivity contribution >= 4 is 17.6 Å². The van der Waals surface area contributed by atoms with Crippen LogP contribution in [0.2, 0.25) is 0 Å². The SMILES string of the molecule is Cn1nc(C(=O)N2CCCCC2)c2c1CCN(C(=O)Nc1ccccc1)C2. The van der Waals surface area contributed by atoms with Crippen LogP contribution < -0.4 is 5.32 Å². The van der Waals surface area contributed by atoms with Gasteiger partial charge >= 0.3 is 6.03 Å². The highest BCUT2D eigenvalue weighted by molar-refractivity contribution is 5.95. The summed E-state index contributed by atoms with van der Waals surface area (Å²) in [4.78, 5) is 29.3. The molecule has 1 N–H and O–H groups in total. The molecule has 2 aliphatic heterocycles. The minimum absolute atomic E-state index is 0.00290. The van der Waals surface area contributed by atoms with E-state index in [1.807, 2.05) is 42.3 Å². The molecule has 3 amide bonds. The maximum atomic E-state index is 13.0. The molecular weight excluding hydrogens is 342 g/mol. The fourth-order valence-electron chi connectivity index (χ4n) is 3.91. The summed E-state index contributed by atoms with van der Waals surface area (Å²) >= 11 is 0. The smallest absolute Gasteiger partial charge is 0.322 e. The zero-order valence-electron chi connectivity index (χ0n) is 15.6. The summed E-state index contributed by atoms with van der Waals surface area (Å²) < 4.78 is 1.80. The van der Waals surface area contributed by atoms with E-state index in [1.165, 1.54) is 6.42 Å². The number of rotatable bonds is 2. The van der Waals surface area contributed by atoms with Gasteiger partial charge < -0.3 is 15.1 Å². The van der Waals surface area contributed by atoms with Crippen LogP contribution in [0.5, 0.6) is 0 Å². The number of piperidine rings is 1.